The van der Waals surface area contributed by atoms with Crippen LogP contribution in [0.25, 0.3) is 0 Å². The summed E-state index contributed by atoms with van der Waals surface area (Å²) in [6.45, 7) is 1.45. The Morgan fingerprint density at radius 3 is 3.00 bits per heavy atom. The number of nitrogens with zero attached hydrogens (tertiary/aromatic N) is 2. The van der Waals surface area contributed by atoms with Gasteiger partial charge in [0.1, 0.15) is 18.1 Å². The first-order valence-electron chi connectivity index (χ1n) is 5.57. The number of aliphatic hydroxyl groups is 2. The van der Waals surface area contributed by atoms with Gasteiger partial charge in [-0.15, -0.1) is 0 Å². The maximum Gasteiger partial charge on any atom is 0.351 e. The van der Waals surface area contributed by atoms with Gasteiger partial charge in [0.25, 0.3) is 0 Å². The van der Waals surface area contributed by atoms with E-state index in [0.717, 1.165) is 0 Å². The van der Waals surface area contributed by atoms with Crippen molar-refractivity contribution in [2.24, 2.45) is 5.84 Å². The summed E-state index contributed by atoms with van der Waals surface area (Å²) < 4.78 is 6.68. The lowest BCUT2D eigenvalue weighted by molar-refractivity contribution is -0.0459. The van der Waals surface area contributed by atoms with E-state index in [1.807, 2.05) is 0 Å². The minimum Gasteiger partial charge on any atom is -0.394 e. The molecule has 0 radical (unpaired) electrons. The molecule has 0 bridgehead atoms. The number of aromatic nitrogens is 2. The van der Waals surface area contributed by atoms with Crippen molar-refractivity contribution >= 4 is 5.82 Å². The SMILES string of the molecule is Cc1cn([C@H]2C[C@H](O)[C@@H](CO)O2)c(=O)nc1NN. The van der Waals surface area contributed by atoms with Crippen LogP contribution >= 0.6 is 0 Å². The van der Waals surface area contributed by atoms with Crippen molar-refractivity contribution in [3.05, 3.63) is 22.2 Å². The maximum absolute atomic E-state index is 11.8. The number of ether oxygens (including phenoxy) is 1. The summed E-state index contributed by atoms with van der Waals surface area (Å²) in [4.78, 5) is 15.5. The van der Waals surface area contributed by atoms with E-state index in [1.165, 1.54) is 4.57 Å². The van der Waals surface area contributed by atoms with Crippen LogP contribution in [0.5, 0.6) is 0 Å². The van der Waals surface area contributed by atoms with Gasteiger partial charge in [-0.3, -0.25) is 4.57 Å². The maximum atomic E-state index is 11.8. The summed E-state index contributed by atoms with van der Waals surface area (Å²) in [6.07, 6.45) is -0.291. The summed E-state index contributed by atoms with van der Waals surface area (Å²) in [6, 6.07) is 0. The van der Waals surface area contributed by atoms with Gasteiger partial charge >= 0.3 is 5.69 Å². The average molecular weight is 256 g/mol. The molecule has 0 aliphatic carbocycles. The van der Waals surface area contributed by atoms with E-state index in [0.29, 0.717) is 11.4 Å². The molecular formula is C10H16N4O4. The molecule has 1 saturated heterocycles. The molecule has 1 fully saturated rings. The van der Waals surface area contributed by atoms with Crippen LogP contribution in [0.2, 0.25) is 0 Å². The zero-order valence-corrected chi connectivity index (χ0v) is 9.91. The molecule has 0 saturated carbocycles. The second-order valence-electron chi connectivity index (χ2n) is 4.22. The molecule has 0 aromatic carbocycles. The van der Waals surface area contributed by atoms with Crippen molar-refractivity contribution in [1.82, 2.24) is 9.55 Å². The second-order valence-corrected chi connectivity index (χ2v) is 4.22. The minimum atomic E-state index is -0.792. The number of nitrogen functional groups attached to an aromatic ring is 1. The van der Waals surface area contributed by atoms with Gasteiger partial charge in [0.15, 0.2) is 0 Å². The van der Waals surface area contributed by atoms with Crippen LogP contribution in [0.1, 0.15) is 18.2 Å². The lowest BCUT2D eigenvalue weighted by Crippen LogP contribution is -2.29. The number of anilines is 1. The molecule has 2 heterocycles. The summed E-state index contributed by atoms with van der Waals surface area (Å²) in [7, 11) is 0. The van der Waals surface area contributed by atoms with E-state index in [1.54, 1.807) is 13.1 Å². The first kappa shape index (κ1) is 13.0. The summed E-state index contributed by atoms with van der Waals surface area (Å²) >= 11 is 0. The van der Waals surface area contributed by atoms with Crippen molar-refractivity contribution in [3.63, 3.8) is 0 Å². The van der Waals surface area contributed by atoms with Crippen molar-refractivity contribution in [3.8, 4) is 0 Å². The monoisotopic (exact) mass is 256 g/mol. The quantitative estimate of drug-likeness (QED) is 0.382. The van der Waals surface area contributed by atoms with Gasteiger partial charge in [0.05, 0.1) is 12.7 Å². The number of hydrogen-bond acceptors (Lipinski definition) is 7. The van der Waals surface area contributed by atoms with E-state index in [9.17, 15) is 9.90 Å². The number of rotatable bonds is 3. The Morgan fingerprint density at radius 1 is 1.72 bits per heavy atom. The molecule has 1 aromatic rings. The fourth-order valence-electron chi connectivity index (χ4n) is 1.97. The molecule has 1 aromatic heterocycles. The van der Waals surface area contributed by atoms with Gasteiger partial charge in [-0.05, 0) is 6.92 Å². The van der Waals surface area contributed by atoms with Crippen LogP contribution in [0.15, 0.2) is 11.0 Å². The third-order valence-corrected chi connectivity index (χ3v) is 2.97. The standard InChI is InChI=1S/C10H16N4O4/c1-5-3-14(10(17)12-9(5)13-11)8-2-6(16)7(4-15)18-8/h3,6-8,15-16H,2,4,11H2,1H3,(H,12,13,17)/t6-,7+,8+/m0/s1. The first-order chi connectivity index (χ1) is 8.56. The second kappa shape index (κ2) is 5.02. The van der Waals surface area contributed by atoms with E-state index < -0.39 is 24.1 Å². The Hall–Kier alpha value is -1.48. The third-order valence-electron chi connectivity index (χ3n) is 2.97. The molecular weight excluding hydrogens is 240 g/mol. The topological polar surface area (TPSA) is 123 Å². The first-order valence-corrected chi connectivity index (χ1v) is 5.57. The van der Waals surface area contributed by atoms with Crippen LogP contribution in [-0.2, 0) is 4.74 Å². The molecule has 1 aliphatic rings. The predicted molar refractivity (Wildman–Crippen MR) is 62.7 cm³/mol. The zero-order valence-electron chi connectivity index (χ0n) is 9.91. The highest BCUT2D eigenvalue weighted by Gasteiger charge is 2.35. The van der Waals surface area contributed by atoms with Crippen molar-refractivity contribution in [2.75, 3.05) is 12.0 Å². The normalized spacial score (nSPS) is 27.4. The Bertz CT molecular complexity index is 489. The Morgan fingerprint density at radius 2 is 2.44 bits per heavy atom. The Labute approximate surface area is 103 Å². The van der Waals surface area contributed by atoms with Gasteiger partial charge < -0.3 is 20.4 Å². The smallest absolute Gasteiger partial charge is 0.351 e. The molecule has 3 atom stereocenters. The van der Waals surface area contributed by atoms with Gasteiger partial charge in [-0.2, -0.15) is 4.98 Å². The lowest BCUT2D eigenvalue weighted by atomic mass is 10.2. The molecule has 0 amide bonds. The summed E-state index contributed by atoms with van der Waals surface area (Å²) in [5.41, 5.74) is 2.49. The predicted octanol–water partition coefficient (Wildman–Crippen LogP) is -1.52. The minimum absolute atomic E-state index is 0.238. The average Bonchev–Trinajstić information content (AvgIpc) is 2.72. The van der Waals surface area contributed by atoms with Gasteiger partial charge in [-0.25, -0.2) is 10.6 Å². The number of hydrazine groups is 1. The highest BCUT2D eigenvalue weighted by atomic mass is 16.5. The Kier molecular flexibility index (Phi) is 3.62. The van der Waals surface area contributed by atoms with Gasteiger partial charge in [0, 0.05) is 18.2 Å². The van der Waals surface area contributed by atoms with E-state index >= 15 is 0 Å². The van der Waals surface area contributed by atoms with Crippen molar-refractivity contribution in [1.29, 1.82) is 0 Å². The fourth-order valence-corrected chi connectivity index (χ4v) is 1.97. The summed E-state index contributed by atoms with van der Waals surface area (Å²) in [5, 5.41) is 18.6. The van der Waals surface area contributed by atoms with Gasteiger partial charge in [0.2, 0.25) is 0 Å². The molecule has 1 aliphatic heterocycles. The summed E-state index contributed by atoms with van der Waals surface area (Å²) in [5.74, 6) is 5.52. The van der Waals surface area contributed by atoms with Crippen LogP contribution in [-0.4, -0.2) is 38.6 Å². The number of aryl methyl sites for hydroxylation is 1. The molecule has 5 N–H and O–H groups in total. The van der Waals surface area contributed by atoms with Crippen molar-refractivity contribution < 1.29 is 14.9 Å². The largest absolute Gasteiger partial charge is 0.394 e. The lowest BCUT2D eigenvalue weighted by Gasteiger charge is -2.15. The molecule has 0 spiro atoms. The van der Waals surface area contributed by atoms with E-state index in [4.69, 9.17) is 15.7 Å². The number of aliphatic hydroxyl groups excluding tert-OH is 2. The number of nitrogens with one attached hydrogen (secondary N) is 1. The number of hydrogen-bond donors (Lipinski definition) is 4. The number of nitrogens with two attached hydrogens (primary N) is 1. The molecule has 100 valence electrons. The van der Waals surface area contributed by atoms with Crippen LogP contribution in [0.3, 0.4) is 0 Å². The van der Waals surface area contributed by atoms with E-state index in [-0.39, 0.29) is 13.0 Å². The molecule has 2 rings (SSSR count). The highest BCUT2D eigenvalue weighted by Crippen LogP contribution is 2.27. The zero-order chi connectivity index (χ0) is 13.3. The highest BCUT2D eigenvalue weighted by molar-refractivity contribution is 5.39. The fraction of sp³-hybridized carbons (Fsp3) is 0.600. The van der Waals surface area contributed by atoms with E-state index in [2.05, 4.69) is 10.4 Å². The van der Waals surface area contributed by atoms with Crippen LogP contribution in [0.4, 0.5) is 5.82 Å². The molecule has 8 heteroatoms. The third kappa shape index (κ3) is 2.23. The molecule has 8 nitrogen and oxygen atoms in total. The molecule has 0 unspecified atom stereocenters. The van der Waals surface area contributed by atoms with Crippen LogP contribution in [0, 0.1) is 6.92 Å². The van der Waals surface area contributed by atoms with Crippen LogP contribution < -0.4 is 17.0 Å². The molecule has 18 heavy (non-hydrogen) atoms. The van der Waals surface area contributed by atoms with Crippen molar-refractivity contribution in [2.45, 2.75) is 31.8 Å². The Balaban J connectivity index is 2.30. The van der Waals surface area contributed by atoms with Gasteiger partial charge in [-0.1, -0.05) is 0 Å².